The number of halogens is 1. The molecule has 2 aromatic carbocycles. The number of hydrogen-bond acceptors (Lipinski definition) is 5. The quantitative estimate of drug-likeness (QED) is 0.632. The first-order valence-corrected chi connectivity index (χ1v) is 13.1. The van der Waals surface area contributed by atoms with Crippen molar-refractivity contribution in [3.63, 3.8) is 0 Å². The number of carbonyl (C=O) groups is 3. The fraction of sp³-hybridized carbons (Fsp3) is 0.483. The maximum Gasteiger partial charge on any atom is 0.257 e. The average Bonchev–Trinajstić information content (AvgIpc) is 3.72. The maximum atomic E-state index is 13.4. The Labute approximate surface area is 223 Å². The van der Waals surface area contributed by atoms with Gasteiger partial charge in [-0.25, -0.2) is 4.39 Å². The van der Waals surface area contributed by atoms with E-state index in [1.165, 1.54) is 24.3 Å². The molecule has 0 unspecified atom stereocenters. The van der Waals surface area contributed by atoms with Gasteiger partial charge in [-0.15, -0.1) is 0 Å². The lowest BCUT2D eigenvalue weighted by Gasteiger charge is -2.36. The second-order valence-corrected chi connectivity index (χ2v) is 10.5. The van der Waals surface area contributed by atoms with Crippen LogP contribution in [0, 0.1) is 17.7 Å². The molecule has 1 fully saturated rings. The molecule has 0 aromatic heterocycles. The van der Waals surface area contributed by atoms with Gasteiger partial charge in [-0.1, -0.05) is 6.92 Å². The number of anilines is 1. The lowest BCUT2D eigenvalue weighted by molar-refractivity contribution is -0.135. The molecule has 3 atom stereocenters. The van der Waals surface area contributed by atoms with E-state index in [-0.39, 0.29) is 36.5 Å². The van der Waals surface area contributed by atoms with Crippen LogP contribution in [0.5, 0.6) is 5.75 Å². The predicted molar refractivity (Wildman–Crippen MR) is 142 cm³/mol. The molecule has 204 valence electrons. The number of nitrogens with zero attached hydrogens (tertiary/aromatic N) is 2. The van der Waals surface area contributed by atoms with E-state index in [1.807, 2.05) is 18.7 Å². The van der Waals surface area contributed by atoms with E-state index in [0.29, 0.717) is 48.0 Å². The second-order valence-electron chi connectivity index (χ2n) is 10.5. The van der Waals surface area contributed by atoms with E-state index in [1.54, 1.807) is 37.3 Å². The van der Waals surface area contributed by atoms with Crippen LogP contribution in [0.1, 0.15) is 53.8 Å². The van der Waals surface area contributed by atoms with Crippen LogP contribution >= 0.6 is 0 Å². The first kappa shape index (κ1) is 27.6. The van der Waals surface area contributed by atoms with Crippen molar-refractivity contribution >= 4 is 23.4 Å². The number of benzene rings is 2. The van der Waals surface area contributed by atoms with Crippen LogP contribution in [0.15, 0.2) is 42.5 Å². The second kappa shape index (κ2) is 11.9. The molecular formula is C29H36FN3O5. The van der Waals surface area contributed by atoms with E-state index < -0.39 is 11.7 Å². The van der Waals surface area contributed by atoms with Crippen LogP contribution in [0.2, 0.25) is 0 Å². The molecule has 1 aliphatic heterocycles. The van der Waals surface area contributed by atoms with E-state index >= 15 is 0 Å². The van der Waals surface area contributed by atoms with Gasteiger partial charge in [0.05, 0.1) is 17.7 Å². The van der Waals surface area contributed by atoms with Gasteiger partial charge < -0.3 is 24.6 Å². The van der Waals surface area contributed by atoms with Crippen LogP contribution in [0.3, 0.4) is 0 Å². The Hall–Kier alpha value is -3.46. The third kappa shape index (κ3) is 6.69. The van der Waals surface area contributed by atoms with Crippen molar-refractivity contribution in [2.45, 2.75) is 45.3 Å². The lowest BCUT2D eigenvalue weighted by Crippen LogP contribution is -2.48. The zero-order chi connectivity index (χ0) is 27.4. The third-order valence-electron chi connectivity index (χ3n) is 7.29. The molecule has 0 bridgehead atoms. The molecule has 2 aromatic rings. The molecule has 1 N–H and O–H groups in total. The van der Waals surface area contributed by atoms with Gasteiger partial charge >= 0.3 is 0 Å². The number of rotatable bonds is 5. The van der Waals surface area contributed by atoms with E-state index in [4.69, 9.17) is 9.47 Å². The third-order valence-corrected chi connectivity index (χ3v) is 7.29. The standard InChI is InChI=1S/C29H36FN3O5/c1-18-15-33(27(34)13-20-5-6-20)19(2)17-38-25-14-23(31-28(35)21-7-9-22(30)10-8-21)11-12-24(25)29(36)32(3)16-26(18)37-4/h7-12,14,18-20,26H,5-6,13,15-17H2,1-4H3,(H,31,35)/t18-,19+,26+/m0/s1. The molecule has 4 rings (SSSR count). The molecule has 1 heterocycles. The number of ether oxygens (including phenoxy) is 2. The maximum absolute atomic E-state index is 13.4. The lowest BCUT2D eigenvalue weighted by atomic mass is 10.0. The van der Waals surface area contributed by atoms with Crippen LogP contribution in [-0.4, -0.2) is 73.5 Å². The summed E-state index contributed by atoms with van der Waals surface area (Å²) < 4.78 is 25.1. The first-order valence-electron chi connectivity index (χ1n) is 13.1. The summed E-state index contributed by atoms with van der Waals surface area (Å²) in [6, 6.07) is 9.85. The van der Waals surface area contributed by atoms with Crippen molar-refractivity contribution < 1.29 is 28.2 Å². The molecular weight excluding hydrogens is 489 g/mol. The number of nitrogens with one attached hydrogen (secondary N) is 1. The van der Waals surface area contributed by atoms with Crippen molar-refractivity contribution in [2.75, 3.05) is 39.2 Å². The van der Waals surface area contributed by atoms with E-state index in [0.717, 1.165) is 12.8 Å². The van der Waals surface area contributed by atoms with Gasteiger partial charge in [0.1, 0.15) is 18.2 Å². The Bertz CT molecular complexity index is 1170. The smallest absolute Gasteiger partial charge is 0.257 e. The Kier molecular flexibility index (Phi) is 8.66. The minimum Gasteiger partial charge on any atom is -0.491 e. The van der Waals surface area contributed by atoms with Crippen molar-refractivity contribution in [1.29, 1.82) is 0 Å². The monoisotopic (exact) mass is 525 g/mol. The number of fused-ring (bicyclic) bond motifs is 1. The molecule has 3 amide bonds. The van der Waals surface area contributed by atoms with Crippen molar-refractivity contribution in [3.05, 3.63) is 59.4 Å². The average molecular weight is 526 g/mol. The van der Waals surface area contributed by atoms with Crippen molar-refractivity contribution in [3.8, 4) is 5.75 Å². The fourth-order valence-electron chi connectivity index (χ4n) is 4.69. The summed E-state index contributed by atoms with van der Waals surface area (Å²) in [6.45, 7) is 5.00. The number of carbonyl (C=O) groups excluding carboxylic acids is 3. The number of likely N-dealkylation sites (N-methyl/N-ethyl adjacent to an activating group) is 1. The molecule has 1 saturated carbocycles. The first-order chi connectivity index (χ1) is 18.2. The largest absolute Gasteiger partial charge is 0.491 e. The van der Waals surface area contributed by atoms with Crippen molar-refractivity contribution in [1.82, 2.24) is 9.80 Å². The minimum atomic E-state index is -0.429. The molecule has 0 radical (unpaired) electrons. The van der Waals surface area contributed by atoms with Gasteiger partial charge in [-0.2, -0.15) is 0 Å². The van der Waals surface area contributed by atoms with Crippen LogP contribution in [0.4, 0.5) is 10.1 Å². The Morgan fingerprint density at radius 3 is 2.47 bits per heavy atom. The molecule has 38 heavy (non-hydrogen) atoms. The number of methoxy groups -OCH3 is 1. The summed E-state index contributed by atoms with van der Waals surface area (Å²) in [7, 11) is 3.33. The SMILES string of the molecule is CO[C@@H]1CN(C)C(=O)c2ccc(NC(=O)c3ccc(F)cc3)cc2OC[C@@H](C)N(C(=O)CC2CC2)C[C@@H]1C. The number of hydrogen-bond donors (Lipinski definition) is 1. The zero-order valence-corrected chi connectivity index (χ0v) is 22.4. The topological polar surface area (TPSA) is 88.2 Å². The summed E-state index contributed by atoms with van der Waals surface area (Å²) in [4.78, 5) is 42.7. The Morgan fingerprint density at radius 1 is 1.11 bits per heavy atom. The molecule has 9 heteroatoms. The summed E-state index contributed by atoms with van der Waals surface area (Å²) in [5, 5.41) is 2.78. The van der Waals surface area contributed by atoms with Gasteiger partial charge in [0.2, 0.25) is 5.91 Å². The predicted octanol–water partition coefficient (Wildman–Crippen LogP) is 4.21. The zero-order valence-electron chi connectivity index (χ0n) is 22.4. The van der Waals surface area contributed by atoms with E-state index in [9.17, 15) is 18.8 Å². The van der Waals surface area contributed by atoms with Gasteiger partial charge in [-0.05, 0) is 62.1 Å². The van der Waals surface area contributed by atoms with Crippen LogP contribution in [0.25, 0.3) is 0 Å². The molecule has 1 aliphatic carbocycles. The normalized spacial score (nSPS) is 22.6. The summed E-state index contributed by atoms with van der Waals surface area (Å²) in [5.41, 5.74) is 1.07. The number of amides is 3. The highest BCUT2D eigenvalue weighted by molar-refractivity contribution is 6.05. The molecule has 8 nitrogen and oxygen atoms in total. The molecule has 0 saturated heterocycles. The van der Waals surface area contributed by atoms with Crippen LogP contribution in [-0.2, 0) is 9.53 Å². The van der Waals surface area contributed by atoms with Gasteiger partial charge in [0.25, 0.3) is 11.8 Å². The highest BCUT2D eigenvalue weighted by atomic mass is 19.1. The molecule has 2 aliphatic rings. The van der Waals surface area contributed by atoms with Gasteiger partial charge in [-0.3, -0.25) is 14.4 Å². The fourth-order valence-corrected chi connectivity index (χ4v) is 4.69. The highest BCUT2D eigenvalue weighted by Gasteiger charge is 2.33. The van der Waals surface area contributed by atoms with Gasteiger partial charge in [0.15, 0.2) is 0 Å². The van der Waals surface area contributed by atoms with Crippen molar-refractivity contribution in [2.24, 2.45) is 11.8 Å². The highest BCUT2D eigenvalue weighted by Crippen LogP contribution is 2.33. The van der Waals surface area contributed by atoms with E-state index in [2.05, 4.69) is 5.32 Å². The van der Waals surface area contributed by atoms with Gasteiger partial charge in [0, 0.05) is 56.9 Å². The Morgan fingerprint density at radius 2 is 1.82 bits per heavy atom. The summed E-state index contributed by atoms with van der Waals surface area (Å²) in [5.74, 6) is -0.202. The molecule has 0 spiro atoms. The summed E-state index contributed by atoms with van der Waals surface area (Å²) in [6.07, 6.45) is 2.45. The Balaban J connectivity index is 1.61. The summed E-state index contributed by atoms with van der Waals surface area (Å²) >= 11 is 0. The minimum absolute atomic E-state index is 0.00352. The van der Waals surface area contributed by atoms with Crippen LogP contribution < -0.4 is 10.1 Å².